The third-order valence-corrected chi connectivity index (χ3v) is 3.37. The predicted molar refractivity (Wildman–Crippen MR) is 96.4 cm³/mol. The number of nitrogens with zero attached hydrogens (tertiary/aromatic N) is 2. The second-order valence-corrected chi connectivity index (χ2v) is 5.19. The van der Waals surface area contributed by atoms with Gasteiger partial charge in [0.1, 0.15) is 23.1 Å². The number of nitrogens with one attached hydrogen (secondary N) is 1. The van der Waals surface area contributed by atoms with E-state index in [-0.39, 0.29) is 11.3 Å². The van der Waals surface area contributed by atoms with Gasteiger partial charge in [0.2, 0.25) is 0 Å². The molecule has 2 aromatic carbocycles. The van der Waals surface area contributed by atoms with E-state index in [1.165, 1.54) is 18.3 Å². The van der Waals surface area contributed by atoms with E-state index in [9.17, 15) is 15.2 Å². The Morgan fingerprint density at radius 1 is 1.24 bits per heavy atom. The van der Waals surface area contributed by atoms with E-state index in [1.807, 2.05) is 13.0 Å². The molecule has 0 saturated carbocycles. The number of carbonyl (C=O) groups excluding carboxylic acids is 1. The van der Waals surface area contributed by atoms with Crippen LogP contribution in [0, 0.1) is 11.3 Å². The first-order chi connectivity index (χ1) is 12.0. The molecule has 0 fully saturated rings. The highest BCUT2D eigenvalue weighted by atomic mass is 16.5. The molecule has 0 spiro atoms. The molecule has 0 aliphatic heterocycles. The maximum absolute atomic E-state index is 12.3. The number of anilines is 2. The van der Waals surface area contributed by atoms with Gasteiger partial charge in [0.15, 0.2) is 0 Å². The summed E-state index contributed by atoms with van der Waals surface area (Å²) >= 11 is 0. The van der Waals surface area contributed by atoms with Crippen LogP contribution < -0.4 is 15.0 Å². The van der Waals surface area contributed by atoms with Crippen LogP contribution in [-0.4, -0.2) is 24.7 Å². The van der Waals surface area contributed by atoms with Crippen molar-refractivity contribution in [2.24, 2.45) is 0 Å². The van der Waals surface area contributed by atoms with Gasteiger partial charge in [-0.05, 0) is 55.5 Å². The summed E-state index contributed by atoms with van der Waals surface area (Å²) in [4.78, 5) is 13.9. The van der Waals surface area contributed by atoms with E-state index in [4.69, 9.17) is 4.74 Å². The predicted octanol–water partition coefficient (Wildman–Crippen LogP) is 3.27. The van der Waals surface area contributed by atoms with Crippen molar-refractivity contribution in [3.8, 4) is 17.6 Å². The van der Waals surface area contributed by atoms with Crippen molar-refractivity contribution in [1.29, 1.82) is 5.26 Å². The summed E-state index contributed by atoms with van der Waals surface area (Å²) in [6, 6.07) is 15.3. The first kappa shape index (κ1) is 17.9. The minimum absolute atomic E-state index is 0.0375. The van der Waals surface area contributed by atoms with Gasteiger partial charge < -0.3 is 20.1 Å². The Kier molecular flexibility index (Phi) is 6.02. The van der Waals surface area contributed by atoms with Gasteiger partial charge in [-0.15, -0.1) is 0 Å². The third kappa shape index (κ3) is 5.01. The number of hydrogen-bond acceptors (Lipinski definition) is 5. The number of rotatable bonds is 6. The topological polar surface area (TPSA) is 85.6 Å². The molecule has 6 nitrogen and oxygen atoms in total. The average Bonchev–Trinajstić information content (AvgIpc) is 2.62. The van der Waals surface area contributed by atoms with Crippen molar-refractivity contribution in [2.45, 2.75) is 6.92 Å². The molecule has 0 bridgehead atoms. The Labute approximate surface area is 146 Å². The lowest BCUT2D eigenvalue weighted by Crippen LogP contribution is -2.17. The molecular formula is C19H19N3O3. The van der Waals surface area contributed by atoms with Gasteiger partial charge in [-0.2, -0.15) is 5.26 Å². The number of carbonyl (C=O) groups is 1. The lowest BCUT2D eigenvalue weighted by molar-refractivity contribution is -0.112. The standard InChI is InChI=1S/C19H19N3O3/c1-3-25-18-10-4-15(5-11-18)21-19(24)14(12-20)13-22(2)16-6-8-17(23)9-7-16/h4-11,13,23H,3H2,1-2H3,(H,21,24)/b14-13-. The fourth-order valence-corrected chi connectivity index (χ4v) is 2.09. The maximum Gasteiger partial charge on any atom is 0.267 e. The molecule has 25 heavy (non-hydrogen) atoms. The van der Waals surface area contributed by atoms with E-state index in [2.05, 4.69) is 5.32 Å². The van der Waals surface area contributed by atoms with E-state index in [0.717, 1.165) is 5.69 Å². The molecule has 0 aromatic heterocycles. The molecule has 0 unspecified atom stereocenters. The first-order valence-electron chi connectivity index (χ1n) is 7.71. The minimum atomic E-state index is -0.503. The molecule has 6 heteroatoms. The Bertz CT molecular complexity index is 790. The quantitative estimate of drug-likeness (QED) is 0.624. The van der Waals surface area contributed by atoms with E-state index < -0.39 is 5.91 Å². The number of benzene rings is 2. The summed E-state index contributed by atoms with van der Waals surface area (Å²) in [5, 5.41) is 21.3. The molecule has 0 radical (unpaired) electrons. The van der Waals surface area contributed by atoms with Crippen LogP contribution in [0.1, 0.15) is 6.92 Å². The van der Waals surface area contributed by atoms with Crippen molar-refractivity contribution in [3.05, 3.63) is 60.3 Å². The SMILES string of the molecule is CCOc1ccc(NC(=O)/C(C#N)=C\N(C)c2ccc(O)cc2)cc1. The van der Waals surface area contributed by atoms with Crippen LogP contribution in [-0.2, 0) is 4.79 Å². The molecule has 0 aliphatic rings. The second kappa shape index (κ2) is 8.41. The van der Waals surface area contributed by atoms with Crippen molar-refractivity contribution in [2.75, 3.05) is 23.9 Å². The number of amides is 1. The van der Waals surface area contributed by atoms with Crippen LogP contribution in [0.25, 0.3) is 0 Å². The molecule has 1 amide bonds. The molecule has 0 atom stereocenters. The molecule has 2 aromatic rings. The Morgan fingerprint density at radius 3 is 2.44 bits per heavy atom. The van der Waals surface area contributed by atoms with E-state index in [0.29, 0.717) is 18.0 Å². The number of nitriles is 1. The second-order valence-electron chi connectivity index (χ2n) is 5.19. The summed E-state index contributed by atoms with van der Waals surface area (Å²) in [6.45, 7) is 2.46. The molecule has 0 saturated heterocycles. The first-order valence-corrected chi connectivity index (χ1v) is 7.71. The summed E-state index contributed by atoms with van der Waals surface area (Å²) in [7, 11) is 1.72. The number of phenolic OH excluding ortho intramolecular Hbond substituents is 1. The average molecular weight is 337 g/mol. The summed E-state index contributed by atoms with van der Waals surface area (Å²) in [5.74, 6) is 0.357. The van der Waals surface area contributed by atoms with Crippen LogP contribution in [0.15, 0.2) is 60.3 Å². The molecule has 0 heterocycles. The van der Waals surface area contributed by atoms with Crippen LogP contribution in [0.2, 0.25) is 0 Å². The zero-order valence-corrected chi connectivity index (χ0v) is 14.1. The van der Waals surface area contributed by atoms with Crippen LogP contribution in [0.3, 0.4) is 0 Å². The van der Waals surface area contributed by atoms with Gasteiger partial charge >= 0.3 is 0 Å². The van der Waals surface area contributed by atoms with Gasteiger partial charge in [0.05, 0.1) is 6.61 Å². The van der Waals surface area contributed by atoms with Crippen LogP contribution in [0.4, 0.5) is 11.4 Å². The number of hydrogen-bond donors (Lipinski definition) is 2. The molecule has 2 rings (SSSR count). The smallest absolute Gasteiger partial charge is 0.267 e. The molecule has 128 valence electrons. The van der Waals surface area contributed by atoms with Gasteiger partial charge in [0, 0.05) is 24.6 Å². The summed E-state index contributed by atoms with van der Waals surface area (Å²) in [6.07, 6.45) is 1.44. The number of phenols is 1. The molecule has 2 N–H and O–H groups in total. The van der Waals surface area contributed by atoms with Gasteiger partial charge in [-0.25, -0.2) is 0 Å². The minimum Gasteiger partial charge on any atom is -0.508 e. The van der Waals surface area contributed by atoms with Crippen molar-refractivity contribution < 1.29 is 14.6 Å². The highest BCUT2D eigenvalue weighted by Crippen LogP contribution is 2.19. The summed E-state index contributed by atoms with van der Waals surface area (Å²) in [5.41, 5.74) is 1.27. The van der Waals surface area contributed by atoms with Gasteiger partial charge in [0.25, 0.3) is 5.91 Å². The molecular weight excluding hydrogens is 318 g/mol. The highest BCUT2D eigenvalue weighted by Gasteiger charge is 2.11. The zero-order valence-electron chi connectivity index (χ0n) is 14.1. The molecule has 0 aliphatic carbocycles. The highest BCUT2D eigenvalue weighted by molar-refractivity contribution is 6.06. The van der Waals surface area contributed by atoms with E-state index in [1.54, 1.807) is 48.3 Å². The Hall–Kier alpha value is -3.46. The lowest BCUT2D eigenvalue weighted by atomic mass is 10.2. The maximum atomic E-state index is 12.3. The monoisotopic (exact) mass is 337 g/mol. The van der Waals surface area contributed by atoms with Gasteiger partial charge in [-0.3, -0.25) is 4.79 Å². The normalized spacial score (nSPS) is 10.7. The van der Waals surface area contributed by atoms with E-state index >= 15 is 0 Å². The van der Waals surface area contributed by atoms with Crippen molar-refractivity contribution in [3.63, 3.8) is 0 Å². The summed E-state index contributed by atoms with van der Waals surface area (Å²) < 4.78 is 5.34. The lowest BCUT2D eigenvalue weighted by Gasteiger charge is -2.15. The van der Waals surface area contributed by atoms with Crippen LogP contribution >= 0.6 is 0 Å². The number of aromatic hydroxyl groups is 1. The largest absolute Gasteiger partial charge is 0.508 e. The zero-order chi connectivity index (χ0) is 18.2. The third-order valence-electron chi connectivity index (χ3n) is 3.37. The Balaban J connectivity index is 2.09. The van der Waals surface area contributed by atoms with Crippen molar-refractivity contribution >= 4 is 17.3 Å². The fraction of sp³-hybridized carbons (Fsp3) is 0.158. The van der Waals surface area contributed by atoms with Crippen molar-refractivity contribution in [1.82, 2.24) is 0 Å². The Morgan fingerprint density at radius 2 is 1.88 bits per heavy atom. The van der Waals surface area contributed by atoms with Crippen LogP contribution in [0.5, 0.6) is 11.5 Å². The van der Waals surface area contributed by atoms with Gasteiger partial charge in [-0.1, -0.05) is 0 Å². The fourth-order valence-electron chi connectivity index (χ4n) is 2.09. The number of ether oxygens (including phenoxy) is 1.